The summed E-state index contributed by atoms with van der Waals surface area (Å²) in [4.78, 5) is 34.9. The van der Waals surface area contributed by atoms with Crippen LogP contribution in [0, 0.1) is 13.8 Å². The summed E-state index contributed by atoms with van der Waals surface area (Å²) in [7, 11) is 0. The van der Waals surface area contributed by atoms with Gasteiger partial charge in [-0.1, -0.05) is 17.7 Å². The van der Waals surface area contributed by atoms with Gasteiger partial charge in [0.25, 0.3) is 5.56 Å². The molecule has 0 fully saturated rings. The Kier molecular flexibility index (Phi) is 4.41. The standard InChI is InChI=1S/C16H16N2O4/c1-10-5-6-13(11(2)8-10)17-14(19)9-18-7-3-4-12(15(18)20)16(21)22/h3-8H,9H2,1-2H3,(H,17,19)(H,21,22). The molecule has 2 N–H and O–H groups in total. The summed E-state index contributed by atoms with van der Waals surface area (Å²) >= 11 is 0. The van der Waals surface area contributed by atoms with Crippen LogP contribution in [0.2, 0.25) is 0 Å². The van der Waals surface area contributed by atoms with Gasteiger partial charge in [-0.15, -0.1) is 0 Å². The summed E-state index contributed by atoms with van der Waals surface area (Å²) in [5.41, 5.74) is 1.60. The molecule has 6 heteroatoms. The molecule has 0 aliphatic heterocycles. The Morgan fingerprint density at radius 1 is 1.23 bits per heavy atom. The number of carboxylic acid groups (broad SMARTS) is 1. The lowest BCUT2D eigenvalue weighted by Gasteiger charge is -2.10. The minimum absolute atomic E-state index is 0.243. The summed E-state index contributed by atoms with van der Waals surface area (Å²) in [6.07, 6.45) is 1.39. The van der Waals surface area contributed by atoms with Crippen LogP contribution in [0.4, 0.5) is 5.69 Å². The molecule has 0 spiro atoms. The smallest absolute Gasteiger partial charge is 0.341 e. The van der Waals surface area contributed by atoms with Crippen molar-refractivity contribution in [3.63, 3.8) is 0 Å². The molecule has 0 radical (unpaired) electrons. The Labute approximate surface area is 127 Å². The fourth-order valence-corrected chi connectivity index (χ4v) is 2.12. The van der Waals surface area contributed by atoms with Gasteiger partial charge in [0, 0.05) is 11.9 Å². The van der Waals surface area contributed by atoms with E-state index in [9.17, 15) is 14.4 Å². The summed E-state index contributed by atoms with van der Waals surface area (Å²) in [5, 5.41) is 11.6. The molecule has 2 rings (SSSR count). The second-order valence-electron chi connectivity index (χ2n) is 5.03. The number of aromatic nitrogens is 1. The van der Waals surface area contributed by atoms with E-state index in [2.05, 4.69) is 5.32 Å². The van der Waals surface area contributed by atoms with E-state index in [0.717, 1.165) is 15.7 Å². The van der Waals surface area contributed by atoms with Gasteiger partial charge in [-0.25, -0.2) is 4.79 Å². The number of benzene rings is 1. The van der Waals surface area contributed by atoms with E-state index in [0.29, 0.717) is 5.69 Å². The number of hydrogen-bond acceptors (Lipinski definition) is 3. The number of carbonyl (C=O) groups excluding carboxylic acids is 1. The maximum absolute atomic E-state index is 12.0. The summed E-state index contributed by atoms with van der Waals surface area (Å²) < 4.78 is 1.07. The molecule has 1 heterocycles. The molecule has 0 aliphatic carbocycles. The summed E-state index contributed by atoms with van der Waals surface area (Å²) in [5.74, 6) is -1.70. The topological polar surface area (TPSA) is 88.4 Å². The minimum atomic E-state index is -1.31. The lowest BCUT2D eigenvalue weighted by atomic mass is 10.1. The number of hydrogen-bond donors (Lipinski definition) is 2. The van der Waals surface area contributed by atoms with Crippen molar-refractivity contribution < 1.29 is 14.7 Å². The van der Waals surface area contributed by atoms with E-state index in [4.69, 9.17) is 5.11 Å². The van der Waals surface area contributed by atoms with Gasteiger partial charge in [0.1, 0.15) is 12.1 Å². The zero-order valence-corrected chi connectivity index (χ0v) is 12.3. The fourth-order valence-electron chi connectivity index (χ4n) is 2.12. The number of aromatic carboxylic acids is 1. The molecular formula is C16H16N2O4. The number of anilines is 1. The Hall–Kier alpha value is -2.89. The van der Waals surface area contributed by atoms with E-state index >= 15 is 0 Å². The SMILES string of the molecule is Cc1ccc(NC(=O)Cn2cccc(C(=O)O)c2=O)c(C)c1. The molecule has 1 aromatic carbocycles. The highest BCUT2D eigenvalue weighted by Gasteiger charge is 2.12. The highest BCUT2D eigenvalue weighted by atomic mass is 16.4. The van der Waals surface area contributed by atoms with Crippen LogP contribution in [0.25, 0.3) is 0 Å². The Morgan fingerprint density at radius 2 is 1.95 bits per heavy atom. The third-order valence-corrected chi connectivity index (χ3v) is 3.22. The lowest BCUT2D eigenvalue weighted by molar-refractivity contribution is -0.116. The van der Waals surface area contributed by atoms with Crippen molar-refractivity contribution in [1.82, 2.24) is 4.57 Å². The van der Waals surface area contributed by atoms with Crippen molar-refractivity contribution in [2.75, 3.05) is 5.32 Å². The van der Waals surface area contributed by atoms with E-state index in [1.165, 1.54) is 18.3 Å². The number of pyridine rings is 1. The zero-order valence-electron chi connectivity index (χ0n) is 12.3. The number of aryl methyl sites for hydroxylation is 2. The molecule has 0 unspecified atom stereocenters. The number of carbonyl (C=O) groups is 2. The number of rotatable bonds is 4. The first-order valence-electron chi connectivity index (χ1n) is 6.68. The van der Waals surface area contributed by atoms with Crippen LogP contribution in [-0.4, -0.2) is 21.6 Å². The fraction of sp³-hybridized carbons (Fsp3) is 0.188. The molecule has 114 valence electrons. The van der Waals surface area contributed by atoms with Crippen molar-refractivity contribution >= 4 is 17.6 Å². The van der Waals surface area contributed by atoms with Crippen molar-refractivity contribution in [3.05, 3.63) is 63.6 Å². The molecule has 0 aliphatic rings. The first kappa shape index (κ1) is 15.5. The maximum Gasteiger partial charge on any atom is 0.341 e. The molecule has 0 saturated heterocycles. The van der Waals surface area contributed by atoms with Crippen LogP contribution in [-0.2, 0) is 11.3 Å². The monoisotopic (exact) mass is 300 g/mol. The van der Waals surface area contributed by atoms with Crippen LogP contribution in [0.3, 0.4) is 0 Å². The van der Waals surface area contributed by atoms with Crippen LogP contribution in [0.5, 0.6) is 0 Å². The van der Waals surface area contributed by atoms with Crippen LogP contribution in [0.15, 0.2) is 41.3 Å². The van der Waals surface area contributed by atoms with Gasteiger partial charge in [0.05, 0.1) is 0 Å². The molecule has 0 atom stereocenters. The first-order valence-corrected chi connectivity index (χ1v) is 6.68. The van der Waals surface area contributed by atoms with Gasteiger partial charge < -0.3 is 15.0 Å². The Balaban J connectivity index is 2.18. The van der Waals surface area contributed by atoms with Gasteiger partial charge in [0.15, 0.2) is 0 Å². The van der Waals surface area contributed by atoms with Gasteiger partial charge >= 0.3 is 5.97 Å². The third kappa shape index (κ3) is 3.41. The van der Waals surface area contributed by atoms with Crippen molar-refractivity contribution in [3.8, 4) is 0 Å². The van der Waals surface area contributed by atoms with E-state index in [1.807, 2.05) is 26.0 Å². The summed E-state index contributed by atoms with van der Waals surface area (Å²) in [6.45, 7) is 3.59. The predicted molar refractivity (Wildman–Crippen MR) is 82.2 cm³/mol. The number of carboxylic acids is 1. The first-order chi connectivity index (χ1) is 10.4. The molecule has 0 bridgehead atoms. The molecule has 1 amide bonds. The molecule has 2 aromatic rings. The molecular weight excluding hydrogens is 284 g/mol. The number of nitrogens with one attached hydrogen (secondary N) is 1. The van der Waals surface area contributed by atoms with Crippen molar-refractivity contribution in [2.45, 2.75) is 20.4 Å². The number of amides is 1. The highest BCUT2D eigenvalue weighted by Crippen LogP contribution is 2.15. The Bertz CT molecular complexity index is 793. The van der Waals surface area contributed by atoms with Crippen LogP contribution >= 0.6 is 0 Å². The third-order valence-electron chi connectivity index (χ3n) is 3.22. The zero-order chi connectivity index (χ0) is 16.3. The quantitative estimate of drug-likeness (QED) is 0.901. The second-order valence-corrected chi connectivity index (χ2v) is 5.03. The number of nitrogens with zero attached hydrogens (tertiary/aromatic N) is 1. The largest absolute Gasteiger partial charge is 0.477 e. The molecule has 6 nitrogen and oxygen atoms in total. The maximum atomic E-state index is 12.0. The average molecular weight is 300 g/mol. The second kappa shape index (κ2) is 6.26. The van der Waals surface area contributed by atoms with Crippen LogP contribution < -0.4 is 10.9 Å². The molecule has 22 heavy (non-hydrogen) atoms. The molecule has 0 saturated carbocycles. The van der Waals surface area contributed by atoms with Gasteiger partial charge in [-0.2, -0.15) is 0 Å². The van der Waals surface area contributed by atoms with Crippen molar-refractivity contribution in [2.24, 2.45) is 0 Å². The minimum Gasteiger partial charge on any atom is -0.477 e. The summed E-state index contributed by atoms with van der Waals surface area (Å²) in [6, 6.07) is 8.24. The normalized spacial score (nSPS) is 10.3. The van der Waals surface area contributed by atoms with Crippen molar-refractivity contribution in [1.29, 1.82) is 0 Å². The Morgan fingerprint density at radius 3 is 2.59 bits per heavy atom. The van der Waals surface area contributed by atoms with E-state index in [-0.39, 0.29) is 12.1 Å². The lowest BCUT2D eigenvalue weighted by Crippen LogP contribution is -2.30. The van der Waals surface area contributed by atoms with Gasteiger partial charge in [-0.05, 0) is 37.6 Å². The van der Waals surface area contributed by atoms with Gasteiger partial charge in [0.2, 0.25) is 5.91 Å². The van der Waals surface area contributed by atoms with E-state index in [1.54, 1.807) is 6.07 Å². The average Bonchev–Trinajstić information content (AvgIpc) is 2.44. The highest BCUT2D eigenvalue weighted by molar-refractivity contribution is 5.91. The molecule has 1 aromatic heterocycles. The van der Waals surface area contributed by atoms with E-state index < -0.39 is 17.4 Å². The van der Waals surface area contributed by atoms with Crippen LogP contribution in [0.1, 0.15) is 21.5 Å². The van der Waals surface area contributed by atoms with Gasteiger partial charge in [-0.3, -0.25) is 9.59 Å². The predicted octanol–water partition coefficient (Wildman–Crippen LogP) is 1.80.